The number of nitrogens with zero attached hydrogens (tertiary/aromatic N) is 1. The summed E-state index contributed by atoms with van der Waals surface area (Å²) in [6.45, 7) is 1.64. The summed E-state index contributed by atoms with van der Waals surface area (Å²) < 4.78 is 15.9. The van der Waals surface area contributed by atoms with Crippen molar-refractivity contribution in [1.82, 2.24) is 4.90 Å². The molecule has 0 unspecified atom stereocenters. The van der Waals surface area contributed by atoms with E-state index in [0.717, 1.165) is 5.56 Å². The van der Waals surface area contributed by atoms with E-state index < -0.39 is 6.10 Å². The molecule has 0 heterocycles. The highest BCUT2D eigenvalue weighted by Crippen LogP contribution is 2.27. The number of ether oxygens (including phenoxy) is 3. The van der Waals surface area contributed by atoms with E-state index in [-0.39, 0.29) is 19.8 Å². The molecule has 0 aliphatic carbocycles. The van der Waals surface area contributed by atoms with Gasteiger partial charge in [-0.25, -0.2) is 0 Å². The number of aliphatic hydroxyl groups excluding tert-OH is 3. The van der Waals surface area contributed by atoms with Gasteiger partial charge in [0, 0.05) is 19.6 Å². The third-order valence-electron chi connectivity index (χ3n) is 3.33. The van der Waals surface area contributed by atoms with Crippen LogP contribution in [0.3, 0.4) is 0 Å². The molecule has 1 rings (SSSR count). The molecule has 0 saturated heterocycles. The van der Waals surface area contributed by atoms with E-state index in [2.05, 4.69) is 0 Å². The van der Waals surface area contributed by atoms with Crippen LogP contribution in [0.2, 0.25) is 0 Å². The van der Waals surface area contributed by atoms with Crippen molar-refractivity contribution >= 4 is 0 Å². The van der Waals surface area contributed by atoms with Crippen LogP contribution in [0.4, 0.5) is 0 Å². The molecule has 1 aromatic rings. The van der Waals surface area contributed by atoms with E-state index in [4.69, 9.17) is 24.4 Å². The molecule has 0 aliphatic rings. The van der Waals surface area contributed by atoms with Crippen LogP contribution >= 0.6 is 0 Å². The maximum atomic E-state index is 9.96. The lowest BCUT2D eigenvalue weighted by Gasteiger charge is -2.23. The molecule has 0 aliphatic heterocycles. The summed E-state index contributed by atoms with van der Waals surface area (Å²) in [6, 6.07) is 5.50. The second kappa shape index (κ2) is 11.2. The van der Waals surface area contributed by atoms with Gasteiger partial charge in [0.25, 0.3) is 0 Å². The largest absolute Gasteiger partial charge is 0.493 e. The summed E-state index contributed by atoms with van der Waals surface area (Å²) in [5, 5.41) is 27.8. The van der Waals surface area contributed by atoms with Gasteiger partial charge in [0.2, 0.25) is 0 Å². The van der Waals surface area contributed by atoms with E-state index in [9.17, 15) is 5.11 Å². The Morgan fingerprint density at radius 1 is 1.04 bits per heavy atom. The number of rotatable bonds is 12. The monoisotopic (exact) mass is 329 g/mol. The Bertz CT molecular complexity index is 437. The first-order chi connectivity index (χ1) is 11.1. The van der Waals surface area contributed by atoms with Crippen molar-refractivity contribution in [3.8, 4) is 11.5 Å². The van der Waals surface area contributed by atoms with Gasteiger partial charge >= 0.3 is 0 Å². The molecular formula is C16H27NO6. The molecule has 3 N–H and O–H groups in total. The maximum absolute atomic E-state index is 9.96. The fraction of sp³-hybridized carbons (Fsp3) is 0.625. The molecule has 7 heteroatoms. The minimum atomic E-state index is -0.687. The highest BCUT2D eigenvalue weighted by atomic mass is 16.5. The van der Waals surface area contributed by atoms with Crippen molar-refractivity contribution in [3.63, 3.8) is 0 Å². The Labute approximate surface area is 137 Å². The Kier molecular flexibility index (Phi) is 9.58. The van der Waals surface area contributed by atoms with Crippen LogP contribution in [0.25, 0.3) is 0 Å². The molecule has 0 saturated carbocycles. The van der Waals surface area contributed by atoms with Crippen LogP contribution in [-0.4, -0.2) is 80.0 Å². The SMILES string of the molecule is COc1ccc(COC[C@@H](O)CN(CCO)CCO)cc1OC. The van der Waals surface area contributed by atoms with Crippen LogP contribution in [0.5, 0.6) is 11.5 Å². The second-order valence-corrected chi connectivity index (χ2v) is 5.11. The van der Waals surface area contributed by atoms with Crippen LogP contribution in [0.1, 0.15) is 5.56 Å². The second-order valence-electron chi connectivity index (χ2n) is 5.11. The normalized spacial score (nSPS) is 12.4. The molecule has 7 nitrogen and oxygen atoms in total. The average Bonchev–Trinajstić information content (AvgIpc) is 2.55. The summed E-state index contributed by atoms with van der Waals surface area (Å²) in [6.07, 6.45) is -0.687. The number of benzene rings is 1. The van der Waals surface area contributed by atoms with E-state index in [1.54, 1.807) is 25.2 Å². The van der Waals surface area contributed by atoms with Gasteiger partial charge in [0.1, 0.15) is 0 Å². The van der Waals surface area contributed by atoms with Gasteiger partial charge in [-0.3, -0.25) is 4.90 Å². The van der Waals surface area contributed by atoms with Crippen LogP contribution < -0.4 is 9.47 Å². The smallest absolute Gasteiger partial charge is 0.161 e. The summed E-state index contributed by atoms with van der Waals surface area (Å²) >= 11 is 0. The van der Waals surface area contributed by atoms with Gasteiger partial charge in [-0.1, -0.05) is 6.07 Å². The molecule has 23 heavy (non-hydrogen) atoms. The lowest BCUT2D eigenvalue weighted by atomic mass is 10.2. The minimum absolute atomic E-state index is 0.0147. The number of hydrogen-bond acceptors (Lipinski definition) is 7. The molecule has 0 aromatic heterocycles. The Morgan fingerprint density at radius 2 is 1.70 bits per heavy atom. The van der Waals surface area contributed by atoms with Gasteiger partial charge in [0.05, 0.1) is 46.8 Å². The van der Waals surface area contributed by atoms with Gasteiger partial charge in [-0.2, -0.15) is 0 Å². The fourth-order valence-electron chi connectivity index (χ4n) is 2.21. The zero-order valence-corrected chi connectivity index (χ0v) is 13.8. The van der Waals surface area contributed by atoms with E-state index in [1.807, 2.05) is 12.1 Å². The maximum Gasteiger partial charge on any atom is 0.161 e. The number of methoxy groups -OCH3 is 2. The molecule has 1 aromatic carbocycles. The Balaban J connectivity index is 2.40. The molecular weight excluding hydrogens is 302 g/mol. The van der Waals surface area contributed by atoms with Crippen LogP contribution in [-0.2, 0) is 11.3 Å². The quantitative estimate of drug-likeness (QED) is 0.492. The third kappa shape index (κ3) is 7.15. The van der Waals surface area contributed by atoms with E-state index in [1.165, 1.54) is 0 Å². The van der Waals surface area contributed by atoms with Gasteiger partial charge < -0.3 is 29.5 Å². The predicted octanol–water partition coefficient (Wildman–Crippen LogP) is -0.132. The summed E-state index contributed by atoms with van der Waals surface area (Å²) in [7, 11) is 3.15. The topological polar surface area (TPSA) is 91.6 Å². The van der Waals surface area contributed by atoms with Crippen molar-refractivity contribution in [2.24, 2.45) is 0 Å². The van der Waals surface area contributed by atoms with Crippen molar-refractivity contribution in [3.05, 3.63) is 23.8 Å². The van der Waals surface area contributed by atoms with Crippen LogP contribution in [0.15, 0.2) is 18.2 Å². The van der Waals surface area contributed by atoms with Crippen molar-refractivity contribution < 1.29 is 29.5 Å². The molecule has 0 fully saturated rings. The molecule has 1 atom stereocenters. The fourth-order valence-corrected chi connectivity index (χ4v) is 2.21. The first kappa shape index (κ1) is 19.7. The van der Waals surface area contributed by atoms with Crippen molar-refractivity contribution in [1.29, 1.82) is 0 Å². The van der Waals surface area contributed by atoms with E-state index >= 15 is 0 Å². The highest BCUT2D eigenvalue weighted by Gasteiger charge is 2.12. The average molecular weight is 329 g/mol. The van der Waals surface area contributed by atoms with Gasteiger partial charge in [-0.15, -0.1) is 0 Å². The lowest BCUT2D eigenvalue weighted by molar-refractivity contribution is 0.00520. The Morgan fingerprint density at radius 3 is 2.26 bits per heavy atom. The zero-order valence-electron chi connectivity index (χ0n) is 13.8. The summed E-state index contributed by atoms with van der Waals surface area (Å²) in [5.41, 5.74) is 0.914. The highest BCUT2D eigenvalue weighted by molar-refractivity contribution is 5.42. The van der Waals surface area contributed by atoms with Gasteiger partial charge in [-0.05, 0) is 17.7 Å². The van der Waals surface area contributed by atoms with Gasteiger partial charge in [0.15, 0.2) is 11.5 Å². The number of aliphatic hydroxyl groups is 3. The molecule has 0 bridgehead atoms. The molecule has 0 spiro atoms. The Hall–Kier alpha value is -1.38. The van der Waals surface area contributed by atoms with Crippen LogP contribution in [0, 0.1) is 0 Å². The molecule has 132 valence electrons. The van der Waals surface area contributed by atoms with E-state index in [0.29, 0.717) is 37.7 Å². The standard InChI is InChI=1S/C16H27NO6/c1-21-15-4-3-13(9-16(15)22-2)11-23-12-14(20)10-17(5-7-18)6-8-19/h3-4,9,14,18-20H,5-8,10-12H2,1-2H3/t14-/m0/s1. The molecule has 0 radical (unpaired) electrons. The predicted molar refractivity (Wildman–Crippen MR) is 85.8 cm³/mol. The van der Waals surface area contributed by atoms with Crippen molar-refractivity contribution in [2.45, 2.75) is 12.7 Å². The zero-order chi connectivity index (χ0) is 17.1. The first-order valence-corrected chi connectivity index (χ1v) is 7.55. The third-order valence-corrected chi connectivity index (χ3v) is 3.33. The first-order valence-electron chi connectivity index (χ1n) is 7.55. The van der Waals surface area contributed by atoms with Crippen molar-refractivity contribution in [2.75, 3.05) is 53.7 Å². The lowest BCUT2D eigenvalue weighted by Crippen LogP contribution is -2.38. The summed E-state index contributed by atoms with van der Waals surface area (Å²) in [4.78, 5) is 1.78. The number of hydrogen-bond donors (Lipinski definition) is 3. The summed E-state index contributed by atoms with van der Waals surface area (Å²) in [5.74, 6) is 1.28. The molecule has 0 amide bonds. The minimum Gasteiger partial charge on any atom is -0.493 e.